The maximum atomic E-state index is 3.76. The molecule has 5 aromatic carbocycles. The van der Waals surface area contributed by atoms with Crippen LogP contribution in [0.25, 0.3) is 42.4 Å². The van der Waals surface area contributed by atoms with Gasteiger partial charge in [0, 0.05) is 37.0 Å². The van der Waals surface area contributed by atoms with Gasteiger partial charge in [0.1, 0.15) is 0 Å². The second-order valence-electron chi connectivity index (χ2n) is 9.91. The summed E-state index contributed by atoms with van der Waals surface area (Å²) in [6.07, 6.45) is 0. The van der Waals surface area contributed by atoms with Gasteiger partial charge in [-0.1, -0.05) is 86.6 Å². The summed E-state index contributed by atoms with van der Waals surface area (Å²) >= 11 is 1.86. The van der Waals surface area contributed by atoms with E-state index in [2.05, 4.69) is 128 Å². The Kier molecular flexibility index (Phi) is 4.43. The Morgan fingerprint density at radius 1 is 0.600 bits per heavy atom. The first-order valence-electron chi connectivity index (χ1n) is 12.1. The lowest BCUT2D eigenvalue weighted by Gasteiger charge is -2.22. The topological polar surface area (TPSA) is 12.0 Å². The van der Waals surface area contributed by atoms with Crippen LogP contribution in [-0.4, -0.2) is 0 Å². The fourth-order valence-corrected chi connectivity index (χ4v) is 6.81. The third kappa shape index (κ3) is 3.14. The van der Waals surface area contributed by atoms with E-state index in [0.29, 0.717) is 0 Å². The molecule has 6 aromatic rings. The first-order chi connectivity index (χ1) is 17.1. The van der Waals surface area contributed by atoms with Crippen molar-refractivity contribution in [2.45, 2.75) is 19.3 Å². The van der Waals surface area contributed by atoms with Crippen molar-refractivity contribution in [3.05, 3.63) is 120 Å². The number of hydrogen-bond acceptors (Lipinski definition) is 2. The summed E-state index contributed by atoms with van der Waals surface area (Å²) in [7, 11) is 0. The van der Waals surface area contributed by atoms with Crippen molar-refractivity contribution < 1.29 is 0 Å². The highest BCUT2D eigenvalue weighted by molar-refractivity contribution is 7.25. The average Bonchev–Trinajstić information content (AvgIpc) is 3.38. The van der Waals surface area contributed by atoms with Crippen LogP contribution in [0.1, 0.15) is 25.0 Å². The zero-order valence-corrected chi connectivity index (χ0v) is 20.6. The molecule has 168 valence electrons. The Labute approximate surface area is 209 Å². The Balaban J connectivity index is 1.32. The molecule has 0 atom stereocenters. The van der Waals surface area contributed by atoms with E-state index < -0.39 is 0 Å². The van der Waals surface area contributed by atoms with Gasteiger partial charge in [-0.3, -0.25) is 0 Å². The van der Waals surface area contributed by atoms with Gasteiger partial charge in [0.25, 0.3) is 0 Å². The molecule has 1 heterocycles. The zero-order valence-electron chi connectivity index (χ0n) is 19.8. The predicted molar refractivity (Wildman–Crippen MR) is 152 cm³/mol. The lowest BCUT2D eigenvalue weighted by molar-refractivity contribution is 0.660. The van der Waals surface area contributed by atoms with Crippen LogP contribution >= 0.6 is 11.3 Å². The van der Waals surface area contributed by atoms with Crippen molar-refractivity contribution >= 4 is 42.9 Å². The molecule has 0 aliphatic heterocycles. The quantitative estimate of drug-likeness (QED) is 0.273. The van der Waals surface area contributed by atoms with Crippen LogP contribution in [0.15, 0.2) is 109 Å². The van der Waals surface area contributed by atoms with E-state index in [1.165, 1.54) is 59.2 Å². The summed E-state index contributed by atoms with van der Waals surface area (Å²) in [5, 5.41) is 6.39. The molecule has 2 heteroatoms. The summed E-state index contributed by atoms with van der Waals surface area (Å²) < 4.78 is 2.65. The van der Waals surface area contributed by atoms with Gasteiger partial charge >= 0.3 is 0 Å². The number of benzene rings is 5. The molecule has 0 saturated heterocycles. The minimum atomic E-state index is -0.0430. The van der Waals surface area contributed by atoms with Crippen molar-refractivity contribution in [3.63, 3.8) is 0 Å². The standard InChI is InChI=1S/C33H25NS/c1-33(2)27-18-15-22(21-9-4-3-5-10-21)19-26(27)24-17-16-23(20-28(24)33)34-29-12-8-14-31-32(29)25-11-6-7-13-30(25)35-31/h3-20,34H,1-2H3. The van der Waals surface area contributed by atoms with Gasteiger partial charge in [0.05, 0.1) is 0 Å². The number of hydrogen-bond donors (Lipinski definition) is 1. The van der Waals surface area contributed by atoms with Crippen LogP contribution in [0.5, 0.6) is 0 Å². The third-order valence-corrected chi connectivity index (χ3v) is 8.60. The molecule has 1 aliphatic rings. The van der Waals surface area contributed by atoms with Gasteiger partial charge in [0.15, 0.2) is 0 Å². The Morgan fingerprint density at radius 2 is 1.40 bits per heavy atom. The van der Waals surface area contributed by atoms with Crippen molar-refractivity contribution in [1.29, 1.82) is 0 Å². The smallest absolute Gasteiger partial charge is 0.0478 e. The molecule has 0 spiro atoms. The highest BCUT2D eigenvalue weighted by Crippen LogP contribution is 2.50. The number of fused-ring (bicyclic) bond motifs is 6. The molecule has 0 bridgehead atoms. The van der Waals surface area contributed by atoms with Crippen molar-refractivity contribution in [1.82, 2.24) is 0 Å². The molecule has 7 rings (SSSR count). The van der Waals surface area contributed by atoms with Crippen LogP contribution in [0.4, 0.5) is 11.4 Å². The van der Waals surface area contributed by atoms with Gasteiger partial charge in [-0.15, -0.1) is 11.3 Å². The van der Waals surface area contributed by atoms with Gasteiger partial charge in [-0.2, -0.15) is 0 Å². The number of anilines is 2. The van der Waals surface area contributed by atoms with Crippen LogP contribution in [0.2, 0.25) is 0 Å². The summed E-state index contributed by atoms with van der Waals surface area (Å²) in [5.74, 6) is 0. The Hall–Kier alpha value is -3.88. The van der Waals surface area contributed by atoms with Crippen molar-refractivity contribution in [3.8, 4) is 22.3 Å². The van der Waals surface area contributed by atoms with Crippen LogP contribution in [0, 0.1) is 0 Å². The van der Waals surface area contributed by atoms with Crippen LogP contribution in [-0.2, 0) is 5.41 Å². The predicted octanol–water partition coefficient (Wildman–Crippen LogP) is 9.77. The monoisotopic (exact) mass is 467 g/mol. The highest BCUT2D eigenvalue weighted by Gasteiger charge is 2.35. The molecule has 1 N–H and O–H groups in total. The third-order valence-electron chi connectivity index (χ3n) is 7.46. The Bertz CT molecular complexity index is 1740. The van der Waals surface area contributed by atoms with E-state index in [9.17, 15) is 0 Å². The first kappa shape index (κ1) is 20.5. The van der Waals surface area contributed by atoms with Gasteiger partial charge in [0.2, 0.25) is 0 Å². The molecule has 1 nitrogen and oxygen atoms in total. The minimum Gasteiger partial charge on any atom is -0.355 e. The summed E-state index contributed by atoms with van der Waals surface area (Å²) in [5.41, 5.74) is 10.3. The average molecular weight is 468 g/mol. The van der Waals surface area contributed by atoms with Crippen LogP contribution < -0.4 is 5.32 Å². The number of nitrogens with one attached hydrogen (secondary N) is 1. The molecular weight excluding hydrogens is 442 g/mol. The maximum absolute atomic E-state index is 3.76. The van der Waals surface area contributed by atoms with E-state index >= 15 is 0 Å². The fourth-order valence-electron chi connectivity index (χ4n) is 5.68. The number of rotatable bonds is 3. The minimum absolute atomic E-state index is 0.0430. The Morgan fingerprint density at radius 3 is 2.29 bits per heavy atom. The lowest BCUT2D eigenvalue weighted by atomic mass is 9.82. The molecular formula is C33H25NS. The summed E-state index contributed by atoms with van der Waals surface area (Å²) in [6.45, 7) is 4.69. The lowest BCUT2D eigenvalue weighted by Crippen LogP contribution is -2.15. The first-order valence-corrected chi connectivity index (χ1v) is 12.9. The largest absolute Gasteiger partial charge is 0.355 e. The van der Waals surface area contributed by atoms with E-state index in [4.69, 9.17) is 0 Å². The van der Waals surface area contributed by atoms with E-state index in [1.807, 2.05) is 11.3 Å². The second kappa shape index (κ2) is 7.56. The number of thiophene rings is 1. The molecule has 1 aromatic heterocycles. The summed E-state index contributed by atoms with van der Waals surface area (Å²) in [6, 6.07) is 39.7. The maximum Gasteiger partial charge on any atom is 0.0478 e. The van der Waals surface area contributed by atoms with Gasteiger partial charge < -0.3 is 5.32 Å². The fraction of sp³-hybridized carbons (Fsp3) is 0.0909. The van der Waals surface area contributed by atoms with Crippen LogP contribution in [0.3, 0.4) is 0 Å². The molecule has 0 amide bonds. The van der Waals surface area contributed by atoms with E-state index in [-0.39, 0.29) is 5.41 Å². The molecule has 0 unspecified atom stereocenters. The van der Waals surface area contributed by atoms with E-state index in [0.717, 1.165) is 5.69 Å². The normalized spacial score (nSPS) is 13.7. The van der Waals surface area contributed by atoms with E-state index in [1.54, 1.807) is 0 Å². The molecule has 0 saturated carbocycles. The summed E-state index contributed by atoms with van der Waals surface area (Å²) in [4.78, 5) is 0. The van der Waals surface area contributed by atoms with Gasteiger partial charge in [-0.25, -0.2) is 0 Å². The van der Waals surface area contributed by atoms with Crippen molar-refractivity contribution in [2.24, 2.45) is 0 Å². The SMILES string of the molecule is CC1(C)c2ccc(-c3ccccc3)cc2-c2ccc(Nc3cccc4sc5ccccc5c34)cc21. The highest BCUT2D eigenvalue weighted by atomic mass is 32.1. The van der Waals surface area contributed by atoms with Crippen molar-refractivity contribution in [2.75, 3.05) is 5.32 Å². The molecule has 35 heavy (non-hydrogen) atoms. The zero-order chi connectivity index (χ0) is 23.6. The molecule has 1 aliphatic carbocycles. The van der Waals surface area contributed by atoms with Gasteiger partial charge in [-0.05, 0) is 69.8 Å². The second-order valence-corrected chi connectivity index (χ2v) is 11.0. The molecule has 0 fully saturated rings. The molecule has 0 radical (unpaired) electrons.